The minimum atomic E-state index is 0.123. The molecule has 2 atom stereocenters. The van der Waals surface area contributed by atoms with Crippen molar-refractivity contribution in [3.05, 3.63) is 0 Å². The lowest BCUT2D eigenvalue weighted by molar-refractivity contribution is -0.126. The van der Waals surface area contributed by atoms with Gasteiger partial charge in [0.2, 0.25) is 0 Å². The predicted octanol–water partition coefficient (Wildman–Crippen LogP) is 1.24. The first kappa shape index (κ1) is 12.7. The van der Waals surface area contributed by atoms with Crippen LogP contribution >= 0.6 is 0 Å². The van der Waals surface area contributed by atoms with E-state index in [-0.39, 0.29) is 6.04 Å². The maximum Gasteiger partial charge on any atom is 0.151 e. The molecule has 88 valence electrons. The van der Waals surface area contributed by atoms with Gasteiger partial charge < -0.3 is 4.90 Å². The second-order valence-corrected chi connectivity index (χ2v) is 4.94. The molecule has 1 fully saturated rings. The van der Waals surface area contributed by atoms with E-state index in [1.165, 1.54) is 0 Å². The topological polar surface area (TPSA) is 23.6 Å². The van der Waals surface area contributed by atoms with Crippen LogP contribution in [0.5, 0.6) is 0 Å². The van der Waals surface area contributed by atoms with Gasteiger partial charge in [-0.15, -0.1) is 0 Å². The summed E-state index contributed by atoms with van der Waals surface area (Å²) in [6.07, 6.45) is 1.83. The van der Waals surface area contributed by atoms with Crippen LogP contribution in [0, 0.1) is 5.92 Å². The first-order chi connectivity index (χ1) is 7.04. The third kappa shape index (κ3) is 3.58. The molecule has 0 radical (unpaired) electrons. The number of Topliss-reactive ketones (excluding diaryl/α,β-unsaturated/α-hetero) is 1. The molecule has 0 spiro atoms. The molecule has 3 nitrogen and oxygen atoms in total. The smallest absolute Gasteiger partial charge is 0.151 e. The summed E-state index contributed by atoms with van der Waals surface area (Å²) in [6.45, 7) is 7.28. The van der Waals surface area contributed by atoms with E-state index < -0.39 is 0 Å². The summed E-state index contributed by atoms with van der Waals surface area (Å²) in [5.74, 6) is 0.941. The van der Waals surface area contributed by atoms with Crippen LogP contribution in [0.15, 0.2) is 0 Å². The maximum absolute atomic E-state index is 12.1. The molecular weight excluding hydrogens is 188 g/mol. The van der Waals surface area contributed by atoms with Crippen molar-refractivity contribution in [2.75, 3.05) is 33.7 Å². The summed E-state index contributed by atoms with van der Waals surface area (Å²) < 4.78 is 0. The molecule has 0 N–H and O–H groups in total. The molecule has 0 aromatic carbocycles. The van der Waals surface area contributed by atoms with Gasteiger partial charge in [0.25, 0.3) is 0 Å². The van der Waals surface area contributed by atoms with E-state index in [1.807, 2.05) is 0 Å². The first-order valence-corrected chi connectivity index (χ1v) is 5.96. The molecular formula is C12H24N2O. The summed E-state index contributed by atoms with van der Waals surface area (Å²) in [6, 6.07) is 0.123. The Balaban J connectivity index is 2.49. The van der Waals surface area contributed by atoms with E-state index in [2.05, 4.69) is 37.7 Å². The second-order valence-electron chi connectivity index (χ2n) is 4.94. The number of carbonyl (C=O) groups is 1. The number of likely N-dealkylation sites (N-methyl/N-ethyl adjacent to an activating group) is 2. The van der Waals surface area contributed by atoms with E-state index in [0.717, 1.165) is 32.5 Å². The molecule has 0 amide bonds. The van der Waals surface area contributed by atoms with Crippen LogP contribution in [-0.2, 0) is 4.79 Å². The average molecular weight is 212 g/mol. The fraction of sp³-hybridized carbons (Fsp3) is 0.917. The molecule has 1 heterocycles. The second kappa shape index (κ2) is 5.61. The van der Waals surface area contributed by atoms with Gasteiger partial charge in [-0.25, -0.2) is 0 Å². The highest BCUT2D eigenvalue weighted by Crippen LogP contribution is 2.14. The molecule has 0 saturated carbocycles. The molecule has 0 aliphatic carbocycles. The van der Waals surface area contributed by atoms with Crippen molar-refractivity contribution >= 4 is 5.78 Å². The third-order valence-electron chi connectivity index (χ3n) is 3.47. The van der Waals surface area contributed by atoms with Crippen LogP contribution in [0.1, 0.15) is 26.7 Å². The van der Waals surface area contributed by atoms with E-state index >= 15 is 0 Å². The largest absolute Gasteiger partial charge is 0.303 e. The molecule has 3 heteroatoms. The number of hydrogen-bond acceptors (Lipinski definition) is 3. The Kier molecular flexibility index (Phi) is 4.74. The molecule has 2 unspecified atom stereocenters. The molecule has 0 aromatic rings. The van der Waals surface area contributed by atoms with Crippen LogP contribution in [-0.4, -0.2) is 55.4 Å². The van der Waals surface area contributed by atoms with Gasteiger partial charge in [0.1, 0.15) is 0 Å². The zero-order valence-corrected chi connectivity index (χ0v) is 10.5. The van der Waals surface area contributed by atoms with E-state index in [9.17, 15) is 4.79 Å². The average Bonchev–Trinajstić information content (AvgIpc) is 2.21. The van der Waals surface area contributed by atoms with Gasteiger partial charge in [0.05, 0.1) is 6.04 Å². The van der Waals surface area contributed by atoms with Crippen molar-refractivity contribution in [1.29, 1.82) is 0 Å². The molecule has 0 bridgehead atoms. The number of ketones is 1. The van der Waals surface area contributed by atoms with Crippen LogP contribution < -0.4 is 0 Å². The summed E-state index contributed by atoms with van der Waals surface area (Å²) in [4.78, 5) is 16.5. The summed E-state index contributed by atoms with van der Waals surface area (Å²) in [5.41, 5.74) is 0. The standard InChI is InChI=1S/C12H24N2O/c1-5-10(2)8-12(15)11-9-13(3)6-7-14(11)4/h10-11H,5-9H2,1-4H3. The Morgan fingerprint density at radius 1 is 1.40 bits per heavy atom. The lowest BCUT2D eigenvalue weighted by Crippen LogP contribution is -2.53. The normalized spacial score (nSPS) is 26.5. The molecule has 1 aliphatic rings. The van der Waals surface area contributed by atoms with Crippen LogP contribution in [0.2, 0.25) is 0 Å². The SMILES string of the molecule is CCC(C)CC(=O)C1CN(C)CCN1C. The molecule has 1 saturated heterocycles. The Labute approximate surface area is 93.4 Å². The van der Waals surface area contributed by atoms with Crippen molar-refractivity contribution < 1.29 is 4.79 Å². The van der Waals surface area contributed by atoms with Crippen molar-refractivity contribution in [3.63, 3.8) is 0 Å². The van der Waals surface area contributed by atoms with Gasteiger partial charge in [-0.2, -0.15) is 0 Å². The molecule has 15 heavy (non-hydrogen) atoms. The van der Waals surface area contributed by atoms with Crippen LogP contribution in [0.25, 0.3) is 0 Å². The zero-order valence-electron chi connectivity index (χ0n) is 10.5. The van der Waals surface area contributed by atoms with E-state index in [4.69, 9.17) is 0 Å². The first-order valence-electron chi connectivity index (χ1n) is 5.96. The van der Waals surface area contributed by atoms with Crippen molar-refractivity contribution in [2.24, 2.45) is 5.92 Å². The minimum absolute atomic E-state index is 0.123. The van der Waals surface area contributed by atoms with Gasteiger partial charge in [-0.1, -0.05) is 20.3 Å². The lowest BCUT2D eigenvalue weighted by atomic mass is 9.96. The molecule has 1 rings (SSSR count). The number of rotatable bonds is 4. The number of carbonyl (C=O) groups excluding carboxylic acids is 1. The van der Waals surface area contributed by atoms with E-state index in [1.54, 1.807) is 0 Å². The Bertz CT molecular complexity index is 218. The lowest BCUT2D eigenvalue weighted by Gasteiger charge is -2.37. The Morgan fingerprint density at radius 3 is 2.67 bits per heavy atom. The highest BCUT2D eigenvalue weighted by molar-refractivity contribution is 5.84. The number of hydrogen-bond donors (Lipinski definition) is 0. The summed E-state index contributed by atoms with van der Waals surface area (Å²) >= 11 is 0. The highest BCUT2D eigenvalue weighted by atomic mass is 16.1. The van der Waals surface area contributed by atoms with Crippen molar-refractivity contribution in [2.45, 2.75) is 32.7 Å². The Hall–Kier alpha value is -0.410. The van der Waals surface area contributed by atoms with Crippen LogP contribution in [0.3, 0.4) is 0 Å². The van der Waals surface area contributed by atoms with Gasteiger partial charge >= 0.3 is 0 Å². The van der Waals surface area contributed by atoms with E-state index in [0.29, 0.717) is 11.7 Å². The van der Waals surface area contributed by atoms with Crippen molar-refractivity contribution in [3.8, 4) is 0 Å². The van der Waals surface area contributed by atoms with Gasteiger partial charge in [0, 0.05) is 26.1 Å². The third-order valence-corrected chi connectivity index (χ3v) is 3.47. The van der Waals surface area contributed by atoms with Gasteiger partial charge in [-0.3, -0.25) is 9.69 Å². The monoisotopic (exact) mass is 212 g/mol. The predicted molar refractivity (Wildman–Crippen MR) is 63.0 cm³/mol. The summed E-state index contributed by atoms with van der Waals surface area (Å²) in [5, 5.41) is 0. The molecule has 0 aromatic heterocycles. The van der Waals surface area contributed by atoms with Gasteiger partial charge in [0.15, 0.2) is 5.78 Å². The quantitative estimate of drug-likeness (QED) is 0.700. The number of piperazine rings is 1. The van der Waals surface area contributed by atoms with Crippen LogP contribution in [0.4, 0.5) is 0 Å². The fourth-order valence-corrected chi connectivity index (χ4v) is 1.98. The molecule has 1 aliphatic heterocycles. The minimum Gasteiger partial charge on any atom is -0.303 e. The maximum atomic E-state index is 12.1. The summed E-state index contributed by atoms with van der Waals surface area (Å²) in [7, 11) is 4.16. The number of nitrogens with zero attached hydrogens (tertiary/aromatic N) is 2. The Morgan fingerprint density at radius 2 is 2.07 bits per heavy atom. The van der Waals surface area contributed by atoms with Crippen molar-refractivity contribution in [1.82, 2.24) is 9.80 Å². The van der Waals surface area contributed by atoms with Gasteiger partial charge in [-0.05, 0) is 20.0 Å². The zero-order chi connectivity index (χ0) is 11.4. The fourth-order valence-electron chi connectivity index (χ4n) is 1.98. The highest BCUT2D eigenvalue weighted by Gasteiger charge is 2.28.